The Morgan fingerprint density at radius 1 is 1.19 bits per heavy atom. The number of nitrogens with zero attached hydrogens (tertiary/aromatic N) is 2. The minimum Gasteiger partial charge on any atom is -0.466 e. The fraction of sp³-hybridized carbons (Fsp3) is 0.450. The summed E-state index contributed by atoms with van der Waals surface area (Å²) < 4.78 is 11.0. The number of nitrogens with one attached hydrogen (secondary N) is 1. The molecule has 3 aromatic rings. The molecule has 0 atom stereocenters. The molecule has 27 heavy (non-hydrogen) atoms. The van der Waals surface area contributed by atoms with Gasteiger partial charge in [-0.3, -0.25) is 4.79 Å². The van der Waals surface area contributed by atoms with Gasteiger partial charge in [0.25, 0.3) is 11.6 Å². The van der Waals surface area contributed by atoms with Crippen LogP contribution in [0, 0.1) is 20.8 Å². The molecule has 1 aliphatic carbocycles. The van der Waals surface area contributed by atoms with Gasteiger partial charge < -0.3 is 20.0 Å². The average Bonchev–Trinajstić information content (AvgIpc) is 3.18. The predicted molar refractivity (Wildman–Crippen MR) is 101 cm³/mol. The molecular weight excluding hydrogens is 344 g/mol. The van der Waals surface area contributed by atoms with Crippen LogP contribution >= 0.6 is 0 Å². The normalized spacial score (nSPS) is 20.1. The van der Waals surface area contributed by atoms with E-state index in [-0.39, 0.29) is 18.0 Å². The molecule has 3 N–H and O–H groups in total. The molecule has 4 rings (SSSR count). The lowest BCUT2D eigenvalue weighted by atomic mass is 9.91. The highest BCUT2D eigenvalue weighted by molar-refractivity contribution is 6.07. The molecule has 3 heterocycles. The molecule has 1 saturated carbocycles. The zero-order chi connectivity index (χ0) is 19.1. The predicted octanol–water partition coefficient (Wildman–Crippen LogP) is 3.41. The molecule has 7 nitrogen and oxygen atoms in total. The van der Waals surface area contributed by atoms with Crippen LogP contribution in [-0.4, -0.2) is 28.1 Å². The smallest absolute Gasteiger partial charge is 0.259 e. The molecule has 0 unspecified atom stereocenters. The summed E-state index contributed by atoms with van der Waals surface area (Å²) in [4.78, 5) is 17.6. The summed E-state index contributed by atoms with van der Waals surface area (Å²) in [6.07, 6.45) is 3.66. The Balaban J connectivity index is 1.73. The largest absolute Gasteiger partial charge is 0.466 e. The number of hydrogen-bond donors (Lipinski definition) is 2. The first-order valence-corrected chi connectivity index (χ1v) is 9.33. The van der Waals surface area contributed by atoms with Crippen molar-refractivity contribution in [2.24, 2.45) is 5.73 Å². The van der Waals surface area contributed by atoms with Gasteiger partial charge in [-0.25, -0.2) is 4.98 Å². The Kier molecular flexibility index (Phi) is 4.47. The minimum absolute atomic E-state index is 0.131. The summed E-state index contributed by atoms with van der Waals surface area (Å²) in [6, 6.07) is 4.09. The Labute approximate surface area is 157 Å². The first kappa shape index (κ1) is 17.7. The third-order valence-electron chi connectivity index (χ3n) is 5.29. The molecule has 0 aromatic carbocycles. The molecule has 0 bridgehead atoms. The Morgan fingerprint density at radius 2 is 1.93 bits per heavy atom. The van der Waals surface area contributed by atoms with Crippen LogP contribution in [0.25, 0.3) is 22.4 Å². The first-order valence-electron chi connectivity index (χ1n) is 9.33. The summed E-state index contributed by atoms with van der Waals surface area (Å²) in [7, 11) is 0. The topological polar surface area (TPSA) is 107 Å². The fourth-order valence-corrected chi connectivity index (χ4v) is 3.82. The average molecular weight is 368 g/mol. The van der Waals surface area contributed by atoms with Crippen LogP contribution in [0.2, 0.25) is 0 Å². The van der Waals surface area contributed by atoms with Crippen LogP contribution in [0.1, 0.15) is 53.3 Å². The van der Waals surface area contributed by atoms with Gasteiger partial charge in [0.2, 0.25) is 0 Å². The standard InChI is InChI=1S/C20H24N4O3/c1-10-8-15(12(3)26-10)17-9-16(18-11(2)24-27-20(18)23-17)19(25)22-14-6-4-13(21)5-7-14/h8-9,13-14H,4-7,21H2,1-3H3,(H,22,25). The van der Waals surface area contributed by atoms with Crippen molar-refractivity contribution in [3.05, 3.63) is 34.9 Å². The Hall–Kier alpha value is -2.67. The molecule has 7 heteroatoms. The summed E-state index contributed by atoms with van der Waals surface area (Å²) in [5.74, 6) is 1.42. The van der Waals surface area contributed by atoms with Gasteiger partial charge in [0.15, 0.2) is 0 Å². The molecule has 0 saturated heterocycles. The number of fused-ring (bicyclic) bond motifs is 1. The van der Waals surface area contributed by atoms with E-state index in [2.05, 4.69) is 15.5 Å². The van der Waals surface area contributed by atoms with Gasteiger partial charge in [-0.15, -0.1) is 0 Å². The zero-order valence-corrected chi connectivity index (χ0v) is 15.8. The first-order chi connectivity index (χ1) is 12.9. The lowest BCUT2D eigenvalue weighted by Gasteiger charge is -2.26. The van der Waals surface area contributed by atoms with Crippen molar-refractivity contribution >= 4 is 17.0 Å². The SMILES string of the molecule is Cc1cc(-c2cc(C(=O)NC3CCC(N)CC3)c3c(C)noc3n2)c(C)o1. The second-order valence-corrected chi connectivity index (χ2v) is 7.42. The van der Waals surface area contributed by atoms with Crippen molar-refractivity contribution in [3.8, 4) is 11.3 Å². The van der Waals surface area contributed by atoms with E-state index in [4.69, 9.17) is 14.7 Å². The molecule has 3 aromatic heterocycles. The summed E-state index contributed by atoms with van der Waals surface area (Å²) in [6.45, 7) is 5.58. The highest BCUT2D eigenvalue weighted by Crippen LogP contribution is 2.30. The van der Waals surface area contributed by atoms with Gasteiger partial charge in [0, 0.05) is 17.6 Å². The van der Waals surface area contributed by atoms with Gasteiger partial charge >= 0.3 is 0 Å². The van der Waals surface area contributed by atoms with Crippen LogP contribution < -0.4 is 11.1 Å². The molecule has 142 valence electrons. The van der Waals surface area contributed by atoms with Gasteiger partial charge in [0.1, 0.15) is 11.5 Å². The number of amides is 1. The second-order valence-electron chi connectivity index (χ2n) is 7.42. The van der Waals surface area contributed by atoms with E-state index in [1.807, 2.05) is 26.8 Å². The number of furan rings is 1. The third-order valence-corrected chi connectivity index (χ3v) is 5.29. The molecular formula is C20H24N4O3. The van der Waals surface area contributed by atoms with Crippen molar-refractivity contribution in [3.63, 3.8) is 0 Å². The molecule has 0 aliphatic heterocycles. The van der Waals surface area contributed by atoms with E-state index in [1.165, 1.54) is 0 Å². The number of pyridine rings is 1. The number of carbonyl (C=O) groups excluding carboxylic acids is 1. The second kappa shape index (κ2) is 6.81. The molecule has 1 fully saturated rings. The van der Waals surface area contributed by atoms with Crippen LogP contribution in [0.3, 0.4) is 0 Å². The maximum Gasteiger partial charge on any atom is 0.259 e. The van der Waals surface area contributed by atoms with E-state index in [1.54, 1.807) is 6.07 Å². The van der Waals surface area contributed by atoms with Crippen LogP contribution in [0.5, 0.6) is 0 Å². The zero-order valence-electron chi connectivity index (χ0n) is 15.8. The van der Waals surface area contributed by atoms with Crippen molar-refractivity contribution in [2.75, 3.05) is 0 Å². The maximum atomic E-state index is 13.1. The third kappa shape index (κ3) is 3.35. The molecule has 1 aliphatic rings. The highest BCUT2D eigenvalue weighted by atomic mass is 16.5. The van der Waals surface area contributed by atoms with Gasteiger partial charge in [0.05, 0.1) is 22.3 Å². The summed E-state index contributed by atoms with van der Waals surface area (Å²) in [5.41, 5.74) is 9.00. The number of rotatable bonds is 3. The number of nitrogens with two attached hydrogens (primary N) is 1. The van der Waals surface area contributed by atoms with E-state index in [0.29, 0.717) is 28.1 Å². The monoisotopic (exact) mass is 368 g/mol. The summed E-state index contributed by atoms with van der Waals surface area (Å²) >= 11 is 0. The van der Waals surface area contributed by atoms with Gasteiger partial charge in [-0.1, -0.05) is 5.16 Å². The molecule has 0 radical (unpaired) electrons. The molecule has 0 spiro atoms. The van der Waals surface area contributed by atoms with Crippen molar-refractivity contribution in [1.29, 1.82) is 0 Å². The van der Waals surface area contributed by atoms with Crippen LogP contribution in [-0.2, 0) is 0 Å². The maximum absolute atomic E-state index is 13.1. The quantitative estimate of drug-likeness (QED) is 0.733. The van der Waals surface area contributed by atoms with Gasteiger partial charge in [-0.2, -0.15) is 0 Å². The van der Waals surface area contributed by atoms with E-state index < -0.39 is 0 Å². The van der Waals surface area contributed by atoms with E-state index in [9.17, 15) is 4.79 Å². The van der Waals surface area contributed by atoms with E-state index >= 15 is 0 Å². The van der Waals surface area contributed by atoms with Crippen LogP contribution in [0.4, 0.5) is 0 Å². The number of hydrogen-bond acceptors (Lipinski definition) is 6. The van der Waals surface area contributed by atoms with Gasteiger partial charge in [-0.05, 0) is 58.6 Å². The fourth-order valence-electron chi connectivity index (χ4n) is 3.82. The minimum atomic E-state index is -0.131. The van der Waals surface area contributed by atoms with Crippen molar-refractivity contribution in [1.82, 2.24) is 15.5 Å². The number of aryl methyl sites for hydroxylation is 3. The lowest BCUT2D eigenvalue weighted by Crippen LogP contribution is -2.40. The summed E-state index contributed by atoms with van der Waals surface area (Å²) in [5, 5.41) is 7.80. The number of carbonyl (C=O) groups is 1. The Bertz CT molecular complexity index is 996. The highest BCUT2D eigenvalue weighted by Gasteiger charge is 2.24. The lowest BCUT2D eigenvalue weighted by molar-refractivity contribution is 0.0927. The van der Waals surface area contributed by atoms with Crippen LogP contribution in [0.15, 0.2) is 21.1 Å². The van der Waals surface area contributed by atoms with Crippen molar-refractivity contribution in [2.45, 2.75) is 58.5 Å². The Morgan fingerprint density at radius 3 is 2.59 bits per heavy atom. The van der Waals surface area contributed by atoms with E-state index in [0.717, 1.165) is 42.8 Å². The van der Waals surface area contributed by atoms with Crippen molar-refractivity contribution < 1.29 is 13.7 Å². The number of aromatic nitrogens is 2. The molecule has 1 amide bonds.